The summed E-state index contributed by atoms with van der Waals surface area (Å²) in [5.74, 6) is -0.718. The zero-order chi connectivity index (χ0) is 17.7. The van der Waals surface area contributed by atoms with Gasteiger partial charge in [0.1, 0.15) is 5.25 Å². The highest BCUT2D eigenvalue weighted by molar-refractivity contribution is 7.92. The third-order valence-corrected chi connectivity index (χ3v) is 6.01. The molecule has 0 heterocycles. The van der Waals surface area contributed by atoms with Crippen LogP contribution in [0.4, 0.5) is 0 Å². The summed E-state index contributed by atoms with van der Waals surface area (Å²) < 4.78 is 24.8. The van der Waals surface area contributed by atoms with E-state index in [0.717, 1.165) is 11.1 Å². The van der Waals surface area contributed by atoms with Gasteiger partial charge < -0.3 is 5.32 Å². The van der Waals surface area contributed by atoms with Crippen molar-refractivity contribution in [1.82, 2.24) is 5.32 Å². The van der Waals surface area contributed by atoms with Crippen molar-refractivity contribution in [2.75, 3.05) is 0 Å². The number of amides is 1. The quantitative estimate of drug-likeness (QED) is 0.854. The molecule has 0 aliphatic heterocycles. The minimum Gasteiger partial charge on any atom is -0.351 e. The van der Waals surface area contributed by atoms with Crippen molar-refractivity contribution in [3.05, 3.63) is 70.2 Å². The summed E-state index contributed by atoms with van der Waals surface area (Å²) in [6.07, 6.45) is 0. The number of nitrogens with one attached hydrogen (secondary N) is 1. The van der Waals surface area contributed by atoms with Crippen molar-refractivity contribution in [1.29, 1.82) is 0 Å². The molecule has 1 unspecified atom stereocenters. The molecular weight excluding hydrogens is 346 g/mol. The standard InChI is InChI=1S/C18H20ClNO3S/c1-13-6-8-15(9-7-13)11-20-18(21)14(2)24(22,23)12-16-4-3-5-17(19)10-16/h3-10,14H,11-12H2,1-2H3,(H,20,21). The molecule has 0 fully saturated rings. The molecule has 0 saturated carbocycles. The van der Waals surface area contributed by atoms with Gasteiger partial charge in [0.25, 0.3) is 0 Å². The van der Waals surface area contributed by atoms with Crippen molar-refractivity contribution in [3.8, 4) is 0 Å². The lowest BCUT2D eigenvalue weighted by atomic mass is 10.1. The van der Waals surface area contributed by atoms with Gasteiger partial charge >= 0.3 is 0 Å². The van der Waals surface area contributed by atoms with Gasteiger partial charge in [-0.15, -0.1) is 0 Å². The monoisotopic (exact) mass is 365 g/mol. The number of hydrogen-bond acceptors (Lipinski definition) is 3. The predicted molar refractivity (Wildman–Crippen MR) is 96.6 cm³/mol. The van der Waals surface area contributed by atoms with Crippen molar-refractivity contribution < 1.29 is 13.2 Å². The van der Waals surface area contributed by atoms with Crippen LogP contribution in [0.3, 0.4) is 0 Å². The van der Waals surface area contributed by atoms with E-state index < -0.39 is 21.0 Å². The third kappa shape index (κ3) is 5.08. The van der Waals surface area contributed by atoms with Crippen LogP contribution in [-0.4, -0.2) is 19.6 Å². The van der Waals surface area contributed by atoms with E-state index in [2.05, 4.69) is 5.32 Å². The van der Waals surface area contributed by atoms with Crippen LogP contribution in [0.5, 0.6) is 0 Å². The highest BCUT2D eigenvalue weighted by Gasteiger charge is 2.28. The van der Waals surface area contributed by atoms with Gasteiger partial charge in [-0.25, -0.2) is 8.42 Å². The normalized spacial score (nSPS) is 12.6. The molecule has 0 radical (unpaired) electrons. The van der Waals surface area contributed by atoms with E-state index in [4.69, 9.17) is 11.6 Å². The van der Waals surface area contributed by atoms with Crippen LogP contribution in [0.15, 0.2) is 48.5 Å². The fourth-order valence-electron chi connectivity index (χ4n) is 2.19. The Morgan fingerprint density at radius 2 is 1.79 bits per heavy atom. The Labute approximate surface area is 147 Å². The molecule has 1 amide bonds. The van der Waals surface area contributed by atoms with Crippen LogP contribution in [0, 0.1) is 6.92 Å². The number of benzene rings is 2. The van der Waals surface area contributed by atoms with Crippen LogP contribution in [0.2, 0.25) is 5.02 Å². The highest BCUT2D eigenvalue weighted by Crippen LogP contribution is 2.16. The molecule has 0 aromatic heterocycles. The lowest BCUT2D eigenvalue weighted by molar-refractivity contribution is -0.120. The molecule has 0 bridgehead atoms. The van der Waals surface area contributed by atoms with Crippen LogP contribution < -0.4 is 5.32 Å². The minimum atomic E-state index is -3.61. The summed E-state index contributed by atoms with van der Waals surface area (Å²) in [7, 11) is -3.61. The fourth-order valence-corrected chi connectivity index (χ4v) is 3.70. The zero-order valence-corrected chi connectivity index (χ0v) is 15.2. The first kappa shape index (κ1) is 18.5. The SMILES string of the molecule is Cc1ccc(CNC(=O)C(C)S(=O)(=O)Cc2cccc(Cl)c2)cc1. The first-order valence-electron chi connectivity index (χ1n) is 7.57. The Morgan fingerprint density at radius 3 is 2.42 bits per heavy atom. The topological polar surface area (TPSA) is 63.2 Å². The van der Waals surface area contributed by atoms with Crippen LogP contribution in [-0.2, 0) is 26.9 Å². The fraction of sp³-hybridized carbons (Fsp3) is 0.278. The number of aryl methyl sites for hydroxylation is 1. The molecule has 128 valence electrons. The molecule has 0 spiro atoms. The minimum absolute atomic E-state index is 0.216. The Bertz CT molecular complexity index is 816. The Hall–Kier alpha value is -1.85. The van der Waals surface area contributed by atoms with Crippen molar-refractivity contribution >= 4 is 27.3 Å². The van der Waals surface area contributed by atoms with E-state index in [-0.39, 0.29) is 5.75 Å². The van der Waals surface area contributed by atoms with Gasteiger partial charge in [0.2, 0.25) is 5.91 Å². The summed E-state index contributed by atoms with van der Waals surface area (Å²) in [5, 5.41) is 2.03. The molecular formula is C18H20ClNO3S. The second kappa shape index (κ2) is 7.81. The summed E-state index contributed by atoms with van der Waals surface area (Å²) in [6, 6.07) is 14.3. The third-order valence-electron chi connectivity index (χ3n) is 3.75. The van der Waals surface area contributed by atoms with Gasteiger partial charge in [0.15, 0.2) is 9.84 Å². The molecule has 0 aliphatic carbocycles. The van der Waals surface area contributed by atoms with E-state index in [1.54, 1.807) is 24.3 Å². The maximum atomic E-state index is 12.4. The predicted octanol–water partition coefficient (Wildman–Crippen LogP) is 3.27. The molecule has 1 atom stereocenters. The molecule has 0 saturated heterocycles. The molecule has 2 rings (SSSR count). The van der Waals surface area contributed by atoms with Crippen LogP contribution in [0.25, 0.3) is 0 Å². The smallest absolute Gasteiger partial charge is 0.238 e. The lowest BCUT2D eigenvalue weighted by Crippen LogP contribution is -2.38. The van der Waals surface area contributed by atoms with Gasteiger partial charge in [-0.2, -0.15) is 0 Å². The van der Waals surface area contributed by atoms with E-state index >= 15 is 0 Å². The Balaban J connectivity index is 1.99. The number of carbonyl (C=O) groups excluding carboxylic acids is 1. The second-order valence-corrected chi connectivity index (χ2v) is 8.54. The zero-order valence-electron chi connectivity index (χ0n) is 13.6. The van der Waals surface area contributed by atoms with Gasteiger partial charge in [0.05, 0.1) is 5.75 Å². The first-order valence-corrected chi connectivity index (χ1v) is 9.66. The summed E-state index contributed by atoms with van der Waals surface area (Å²) >= 11 is 5.87. The average molecular weight is 366 g/mol. The van der Waals surface area contributed by atoms with Crippen LogP contribution in [0.1, 0.15) is 23.6 Å². The summed E-state index contributed by atoms with van der Waals surface area (Å²) in [5.41, 5.74) is 2.62. The molecule has 6 heteroatoms. The first-order chi connectivity index (χ1) is 11.3. The highest BCUT2D eigenvalue weighted by atomic mass is 35.5. The average Bonchev–Trinajstić information content (AvgIpc) is 2.53. The number of halogens is 1. The summed E-state index contributed by atoms with van der Waals surface area (Å²) in [4.78, 5) is 12.2. The van der Waals surface area contributed by atoms with Gasteiger partial charge in [-0.05, 0) is 37.1 Å². The molecule has 4 nitrogen and oxygen atoms in total. The Kier molecular flexibility index (Phi) is 6.02. The van der Waals surface area contributed by atoms with E-state index in [0.29, 0.717) is 17.1 Å². The van der Waals surface area contributed by atoms with E-state index in [1.807, 2.05) is 31.2 Å². The number of sulfone groups is 1. The van der Waals surface area contributed by atoms with Crippen molar-refractivity contribution in [2.24, 2.45) is 0 Å². The largest absolute Gasteiger partial charge is 0.351 e. The van der Waals surface area contributed by atoms with Crippen molar-refractivity contribution in [3.63, 3.8) is 0 Å². The van der Waals surface area contributed by atoms with Gasteiger partial charge in [-0.3, -0.25) is 4.79 Å². The lowest BCUT2D eigenvalue weighted by Gasteiger charge is -2.14. The number of rotatable bonds is 6. The molecule has 2 aromatic carbocycles. The summed E-state index contributed by atoms with van der Waals surface area (Å²) in [6.45, 7) is 3.69. The Morgan fingerprint density at radius 1 is 1.12 bits per heavy atom. The second-order valence-electron chi connectivity index (χ2n) is 5.78. The van der Waals surface area contributed by atoms with Gasteiger partial charge in [-0.1, -0.05) is 53.6 Å². The van der Waals surface area contributed by atoms with E-state index in [1.165, 1.54) is 6.92 Å². The maximum absolute atomic E-state index is 12.4. The van der Waals surface area contributed by atoms with Crippen molar-refractivity contribution in [2.45, 2.75) is 31.4 Å². The van der Waals surface area contributed by atoms with E-state index in [9.17, 15) is 13.2 Å². The molecule has 2 aromatic rings. The number of hydrogen-bond donors (Lipinski definition) is 1. The molecule has 24 heavy (non-hydrogen) atoms. The molecule has 1 N–H and O–H groups in total. The number of carbonyl (C=O) groups is 1. The maximum Gasteiger partial charge on any atom is 0.238 e. The van der Waals surface area contributed by atoms with Gasteiger partial charge in [0, 0.05) is 11.6 Å². The molecule has 0 aliphatic rings. The van der Waals surface area contributed by atoms with Crippen LogP contribution >= 0.6 is 11.6 Å².